The number of carbonyl (C=O) groups excluding carboxylic acids is 1. The molecule has 0 aliphatic heterocycles. The van der Waals surface area contributed by atoms with Crippen LogP contribution in [0.5, 0.6) is 5.75 Å². The van der Waals surface area contributed by atoms with Crippen molar-refractivity contribution in [1.29, 1.82) is 0 Å². The molecule has 2 N–H and O–H groups in total. The van der Waals surface area contributed by atoms with Gasteiger partial charge in [-0.1, -0.05) is 23.2 Å². The van der Waals surface area contributed by atoms with Crippen molar-refractivity contribution in [1.82, 2.24) is 9.78 Å². The van der Waals surface area contributed by atoms with Gasteiger partial charge in [0.25, 0.3) is 5.91 Å². The summed E-state index contributed by atoms with van der Waals surface area (Å²) in [4.78, 5) is 12.2. The van der Waals surface area contributed by atoms with Crippen LogP contribution >= 0.6 is 23.2 Å². The number of nitrogens with one attached hydrogen (secondary N) is 1. The molecule has 22 heavy (non-hydrogen) atoms. The average Bonchev–Trinajstić information content (AvgIpc) is 2.91. The summed E-state index contributed by atoms with van der Waals surface area (Å²) < 4.78 is 6.72. The molecule has 2 rings (SSSR count). The number of phenolic OH excluding ortho intramolecular Hbond substituents is 1. The molecular weight excluding hydrogens is 329 g/mol. The predicted octanol–water partition coefficient (Wildman–Crippen LogP) is 3.36. The van der Waals surface area contributed by atoms with Crippen molar-refractivity contribution >= 4 is 34.9 Å². The number of aromatic nitrogens is 2. The van der Waals surface area contributed by atoms with E-state index >= 15 is 0 Å². The Kier molecular flexibility index (Phi) is 5.28. The fraction of sp³-hybridized carbons (Fsp3) is 0.286. The third-order valence-electron chi connectivity index (χ3n) is 2.98. The normalized spacial score (nSPS) is 12.2. The van der Waals surface area contributed by atoms with Gasteiger partial charge in [0.2, 0.25) is 0 Å². The molecule has 0 aliphatic rings. The minimum atomic E-state index is -0.549. The highest BCUT2D eigenvalue weighted by atomic mass is 35.5. The summed E-state index contributed by atoms with van der Waals surface area (Å²) in [6.07, 6.45) is 1.73. The summed E-state index contributed by atoms with van der Waals surface area (Å²) in [5.41, 5.74) is -0.0167. The third kappa shape index (κ3) is 3.71. The first kappa shape index (κ1) is 16.6. The smallest absolute Gasteiger partial charge is 0.260 e. The highest BCUT2D eigenvalue weighted by molar-refractivity contribution is 6.36. The van der Waals surface area contributed by atoms with Crippen LogP contribution in [0.15, 0.2) is 24.4 Å². The molecule has 0 saturated heterocycles. The van der Waals surface area contributed by atoms with Gasteiger partial charge in [0.1, 0.15) is 5.75 Å². The van der Waals surface area contributed by atoms with Crippen LogP contribution < -0.4 is 5.32 Å². The molecule has 6 nitrogen and oxygen atoms in total. The van der Waals surface area contributed by atoms with E-state index in [1.54, 1.807) is 24.1 Å². The quantitative estimate of drug-likeness (QED) is 0.872. The van der Waals surface area contributed by atoms with E-state index in [1.165, 1.54) is 12.1 Å². The first-order chi connectivity index (χ1) is 10.4. The van der Waals surface area contributed by atoms with Gasteiger partial charge in [-0.05, 0) is 19.1 Å². The third-order valence-corrected chi connectivity index (χ3v) is 3.49. The van der Waals surface area contributed by atoms with Crippen molar-refractivity contribution in [2.24, 2.45) is 0 Å². The molecular formula is C14H15Cl2N3O3. The van der Waals surface area contributed by atoms with Crippen molar-refractivity contribution in [2.45, 2.75) is 13.0 Å². The van der Waals surface area contributed by atoms with Crippen LogP contribution in [0, 0.1) is 0 Å². The van der Waals surface area contributed by atoms with Crippen LogP contribution in [0.2, 0.25) is 10.0 Å². The number of rotatable bonds is 5. The summed E-state index contributed by atoms with van der Waals surface area (Å²) in [7, 11) is 1.61. The number of phenols is 1. The number of anilines is 1. The molecule has 0 bridgehead atoms. The number of amides is 1. The molecule has 0 fully saturated rings. The first-order valence-electron chi connectivity index (χ1n) is 6.45. The lowest BCUT2D eigenvalue weighted by Gasteiger charge is -2.10. The van der Waals surface area contributed by atoms with Gasteiger partial charge < -0.3 is 15.2 Å². The zero-order valence-corrected chi connectivity index (χ0v) is 13.5. The second-order valence-corrected chi connectivity index (χ2v) is 5.57. The molecule has 1 amide bonds. The Hall–Kier alpha value is -1.76. The monoisotopic (exact) mass is 343 g/mol. The Labute approximate surface area is 137 Å². The van der Waals surface area contributed by atoms with E-state index in [2.05, 4.69) is 10.4 Å². The second kappa shape index (κ2) is 7.00. The number of halogens is 2. The summed E-state index contributed by atoms with van der Waals surface area (Å²) in [5, 5.41) is 16.9. The first-order valence-corrected chi connectivity index (χ1v) is 7.21. The van der Waals surface area contributed by atoms with Gasteiger partial charge in [-0.2, -0.15) is 5.10 Å². The minimum Gasteiger partial charge on any atom is -0.506 e. The lowest BCUT2D eigenvalue weighted by molar-refractivity contribution is 0.102. The van der Waals surface area contributed by atoms with Crippen LogP contribution in [0.25, 0.3) is 0 Å². The van der Waals surface area contributed by atoms with Crippen molar-refractivity contribution < 1.29 is 14.6 Å². The SMILES string of the molecule is COCC(C)n1ccc(NC(=O)c2cc(Cl)cc(Cl)c2O)n1. The summed E-state index contributed by atoms with van der Waals surface area (Å²) in [5.74, 6) is -0.522. The predicted molar refractivity (Wildman–Crippen MR) is 84.9 cm³/mol. The number of ether oxygens (including phenoxy) is 1. The van der Waals surface area contributed by atoms with E-state index in [0.29, 0.717) is 12.4 Å². The summed E-state index contributed by atoms with van der Waals surface area (Å²) >= 11 is 11.6. The van der Waals surface area contributed by atoms with Gasteiger partial charge in [0.15, 0.2) is 5.82 Å². The number of hydrogen-bond donors (Lipinski definition) is 2. The molecule has 0 radical (unpaired) electrons. The Bertz CT molecular complexity index is 688. The van der Waals surface area contributed by atoms with Gasteiger partial charge >= 0.3 is 0 Å². The molecule has 1 aromatic heterocycles. The number of nitrogens with zero attached hydrogens (tertiary/aromatic N) is 2. The standard InChI is InChI=1S/C14H15Cl2N3O3/c1-8(7-22-2)19-4-3-12(18-19)17-14(21)10-5-9(15)6-11(16)13(10)20/h3-6,8,20H,7H2,1-2H3,(H,17,18,21). The fourth-order valence-corrected chi connectivity index (χ4v) is 2.38. The number of hydrogen-bond acceptors (Lipinski definition) is 4. The Balaban J connectivity index is 2.16. The topological polar surface area (TPSA) is 76.4 Å². The molecule has 1 atom stereocenters. The lowest BCUT2D eigenvalue weighted by Crippen LogP contribution is -2.15. The highest BCUT2D eigenvalue weighted by Gasteiger charge is 2.17. The average molecular weight is 344 g/mol. The van der Waals surface area contributed by atoms with Gasteiger partial charge in [-0.25, -0.2) is 0 Å². The van der Waals surface area contributed by atoms with Gasteiger partial charge in [-0.3, -0.25) is 9.48 Å². The van der Waals surface area contributed by atoms with Crippen LogP contribution in [0.3, 0.4) is 0 Å². The maximum absolute atomic E-state index is 12.2. The number of carbonyl (C=O) groups is 1. The second-order valence-electron chi connectivity index (χ2n) is 4.72. The van der Waals surface area contributed by atoms with Gasteiger partial charge in [0.05, 0.1) is 23.2 Å². The van der Waals surface area contributed by atoms with E-state index in [9.17, 15) is 9.90 Å². The summed E-state index contributed by atoms with van der Waals surface area (Å²) in [6.45, 7) is 2.43. The number of methoxy groups -OCH3 is 1. The van der Waals surface area contributed by atoms with Crippen molar-refractivity contribution in [3.63, 3.8) is 0 Å². The van der Waals surface area contributed by atoms with Gasteiger partial charge in [-0.15, -0.1) is 0 Å². The maximum Gasteiger partial charge on any atom is 0.260 e. The zero-order valence-electron chi connectivity index (χ0n) is 12.0. The molecule has 118 valence electrons. The van der Waals surface area contributed by atoms with Crippen molar-refractivity contribution in [3.8, 4) is 5.75 Å². The fourth-order valence-electron chi connectivity index (χ4n) is 1.89. The molecule has 1 aromatic carbocycles. The van der Waals surface area contributed by atoms with E-state index in [0.717, 1.165) is 0 Å². The van der Waals surface area contributed by atoms with Crippen LogP contribution in [0.4, 0.5) is 5.82 Å². The Morgan fingerprint density at radius 3 is 2.91 bits per heavy atom. The summed E-state index contributed by atoms with van der Waals surface area (Å²) in [6, 6.07) is 4.37. The molecule has 0 aliphatic carbocycles. The lowest BCUT2D eigenvalue weighted by atomic mass is 10.2. The molecule has 0 saturated carbocycles. The molecule has 2 aromatic rings. The van der Waals surface area contributed by atoms with Crippen molar-refractivity contribution in [3.05, 3.63) is 40.0 Å². The van der Waals surface area contributed by atoms with Crippen molar-refractivity contribution in [2.75, 3.05) is 19.0 Å². The van der Waals surface area contributed by atoms with Crippen LogP contribution in [-0.4, -0.2) is 34.5 Å². The molecule has 8 heteroatoms. The maximum atomic E-state index is 12.2. The number of benzene rings is 1. The molecule has 0 spiro atoms. The van der Waals surface area contributed by atoms with E-state index in [4.69, 9.17) is 27.9 Å². The Morgan fingerprint density at radius 1 is 1.50 bits per heavy atom. The van der Waals surface area contributed by atoms with Gasteiger partial charge in [0, 0.05) is 24.4 Å². The molecule has 1 heterocycles. The zero-order chi connectivity index (χ0) is 16.3. The largest absolute Gasteiger partial charge is 0.506 e. The minimum absolute atomic E-state index is 0.0110. The Morgan fingerprint density at radius 2 is 2.23 bits per heavy atom. The number of aromatic hydroxyl groups is 1. The van der Waals surface area contributed by atoms with Crippen LogP contribution in [0.1, 0.15) is 23.3 Å². The molecule has 1 unspecified atom stereocenters. The van der Waals surface area contributed by atoms with E-state index in [1.807, 2.05) is 6.92 Å². The van der Waals surface area contributed by atoms with Crippen LogP contribution in [-0.2, 0) is 4.74 Å². The van der Waals surface area contributed by atoms with E-state index in [-0.39, 0.29) is 27.4 Å². The van der Waals surface area contributed by atoms with E-state index < -0.39 is 5.91 Å². The highest BCUT2D eigenvalue weighted by Crippen LogP contribution is 2.31.